The summed E-state index contributed by atoms with van der Waals surface area (Å²) in [6.07, 6.45) is 0. The molecule has 0 saturated carbocycles. The van der Waals surface area contributed by atoms with Crippen LogP contribution in [-0.2, 0) is 6.61 Å². The zero-order valence-corrected chi connectivity index (χ0v) is 13.0. The van der Waals surface area contributed by atoms with E-state index in [1.165, 1.54) is 11.3 Å². The van der Waals surface area contributed by atoms with Gasteiger partial charge in [-0.1, -0.05) is 13.8 Å². The van der Waals surface area contributed by atoms with Gasteiger partial charge < -0.3 is 14.6 Å². The van der Waals surface area contributed by atoms with Crippen LogP contribution in [0.5, 0.6) is 11.5 Å². The first-order valence-corrected chi connectivity index (χ1v) is 7.25. The Morgan fingerprint density at radius 3 is 2.40 bits per heavy atom. The van der Waals surface area contributed by atoms with E-state index in [2.05, 4.69) is 18.8 Å². The average Bonchev–Trinajstić information content (AvgIpc) is 2.91. The lowest BCUT2D eigenvalue weighted by Gasteiger charge is -2.08. The van der Waals surface area contributed by atoms with E-state index in [1.54, 1.807) is 14.2 Å². The van der Waals surface area contributed by atoms with Crippen molar-refractivity contribution < 1.29 is 14.6 Å². The lowest BCUT2D eigenvalue weighted by molar-refractivity contribution is 0.283. The highest BCUT2D eigenvalue weighted by Gasteiger charge is 2.16. The molecule has 20 heavy (non-hydrogen) atoms. The van der Waals surface area contributed by atoms with Crippen LogP contribution < -0.4 is 9.47 Å². The van der Waals surface area contributed by atoms with Gasteiger partial charge >= 0.3 is 0 Å². The van der Waals surface area contributed by atoms with Gasteiger partial charge in [-0.2, -0.15) is 0 Å². The fourth-order valence-electron chi connectivity index (χ4n) is 2.02. The molecule has 1 aromatic heterocycles. The fraction of sp³-hybridized carbons (Fsp3) is 0.400. The Kier molecular flexibility index (Phi) is 4.62. The number of aliphatic hydroxyl groups excluding tert-OH is 1. The molecular weight excluding hydrogens is 274 g/mol. The molecule has 0 unspecified atom stereocenters. The number of benzene rings is 1. The third-order valence-electron chi connectivity index (χ3n) is 3.05. The summed E-state index contributed by atoms with van der Waals surface area (Å²) in [6.45, 7) is 4.18. The highest BCUT2D eigenvalue weighted by atomic mass is 32.1. The first-order chi connectivity index (χ1) is 9.60. The summed E-state index contributed by atoms with van der Waals surface area (Å²) in [4.78, 5) is 5.56. The lowest BCUT2D eigenvalue weighted by atomic mass is 10.1. The molecule has 0 amide bonds. The summed E-state index contributed by atoms with van der Waals surface area (Å²) in [5.74, 6) is 1.67. The minimum atomic E-state index is 0.0263. The molecule has 0 fully saturated rings. The quantitative estimate of drug-likeness (QED) is 0.917. The standard InChI is InChI=1S/C15H19NO3S/c1-9(2)14-13(8-17)20-15(16-14)10-5-6-11(18-3)12(7-10)19-4/h5-7,9,17H,8H2,1-4H3. The molecule has 2 aromatic rings. The Bertz CT molecular complexity index is 593. The first kappa shape index (κ1) is 14.8. The predicted molar refractivity (Wildman–Crippen MR) is 80.7 cm³/mol. The molecule has 0 atom stereocenters. The topological polar surface area (TPSA) is 51.6 Å². The number of hydrogen-bond acceptors (Lipinski definition) is 5. The van der Waals surface area contributed by atoms with Crippen LogP contribution in [0.25, 0.3) is 10.6 Å². The SMILES string of the molecule is COc1ccc(-c2nc(C(C)C)c(CO)s2)cc1OC. The van der Waals surface area contributed by atoms with Crippen molar-refractivity contribution in [2.24, 2.45) is 0 Å². The Balaban J connectivity index is 2.46. The predicted octanol–water partition coefficient (Wildman–Crippen LogP) is 3.44. The molecule has 0 aliphatic heterocycles. The first-order valence-electron chi connectivity index (χ1n) is 6.43. The number of aromatic nitrogens is 1. The molecule has 1 N–H and O–H groups in total. The Labute approximate surface area is 123 Å². The molecule has 1 heterocycles. The van der Waals surface area contributed by atoms with E-state index < -0.39 is 0 Å². The van der Waals surface area contributed by atoms with Crippen LogP contribution in [0.4, 0.5) is 0 Å². The van der Waals surface area contributed by atoms with Crippen molar-refractivity contribution in [3.8, 4) is 22.1 Å². The van der Waals surface area contributed by atoms with Gasteiger partial charge in [0.1, 0.15) is 5.01 Å². The van der Waals surface area contributed by atoms with Gasteiger partial charge in [0.2, 0.25) is 0 Å². The van der Waals surface area contributed by atoms with Gasteiger partial charge in [-0.3, -0.25) is 0 Å². The second kappa shape index (κ2) is 6.24. The van der Waals surface area contributed by atoms with E-state index in [0.29, 0.717) is 17.4 Å². The van der Waals surface area contributed by atoms with Crippen LogP contribution in [0.2, 0.25) is 0 Å². The van der Waals surface area contributed by atoms with Crippen LogP contribution in [0.15, 0.2) is 18.2 Å². The van der Waals surface area contributed by atoms with E-state index in [9.17, 15) is 5.11 Å². The fourth-order valence-corrected chi connectivity index (χ4v) is 3.09. The summed E-state index contributed by atoms with van der Waals surface area (Å²) < 4.78 is 10.5. The molecule has 0 aliphatic carbocycles. The maximum atomic E-state index is 9.44. The largest absolute Gasteiger partial charge is 0.493 e. The van der Waals surface area contributed by atoms with Gasteiger partial charge in [0, 0.05) is 5.56 Å². The third kappa shape index (κ3) is 2.78. The molecule has 0 bridgehead atoms. The second-order valence-corrected chi connectivity index (χ2v) is 5.79. The average molecular weight is 293 g/mol. The number of nitrogens with zero attached hydrogens (tertiary/aromatic N) is 1. The van der Waals surface area contributed by atoms with E-state index in [4.69, 9.17) is 9.47 Å². The number of hydrogen-bond donors (Lipinski definition) is 1. The minimum absolute atomic E-state index is 0.0263. The van der Waals surface area contributed by atoms with Crippen LogP contribution >= 0.6 is 11.3 Å². The Hall–Kier alpha value is -1.59. The molecule has 108 valence electrons. The Morgan fingerprint density at radius 2 is 1.90 bits per heavy atom. The summed E-state index contributed by atoms with van der Waals surface area (Å²) in [5.41, 5.74) is 1.93. The monoisotopic (exact) mass is 293 g/mol. The summed E-state index contributed by atoms with van der Waals surface area (Å²) >= 11 is 1.52. The number of methoxy groups -OCH3 is 2. The van der Waals surface area contributed by atoms with E-state index >= 15 is 0 Å². The summed E-state index contributed by atoms with van der Waals surface area (Å²) in [6, 6.07) is 5.72. The molecule has 0 saturated heterocycles. The molecule has 1 aromatic carbocycles. The maximum absolute atomic E-state index is 9.44. The van der Waals surface area contributed by atoms with Crippen molar-refractivity contribution in [1.29, 1.82) is 0 Å². The molecule has 4 nitrogen and oxygen atoms in total. The number of thiazole rings is 1. The van der Waals surface area contributed by atoms with Crippen molar-refractivity contribution >= 4 is 11.3 Å². The van der Waals surface area contributed by atoms with E-state index in [0.717, 1.165) is 21.1 Å². The Morgan fingerprint density at radius 1 is 1.20 bits per heavy atom. The lowest BCUT2D eigenvalue weighted by Crippen LogP contribution is -1.93. The molecule has 0 aliphatic rings. The van der Waals surface area contributed by atoms with E-state index in [1.807, 2.05) is 18.2 Å². The molecule has 5 heteroatoms. The van der Waals surface area contributed by atoms with Gasteiger partial charge in [0.15, 0.2) is 11.5 Å². The van der Waals surface area contributed by atoms with Crippen molar-refractivity contribution in [2.75, 3.05) is 14.2 Å². The van der Waals surface area contributed by atoms with Gasteiger partial charge in [0.05, 0.1) is 31.4 Å². The van der Waals surface area contributed by atoms with Crippen molar-refractivity contribution in [3.05, 3.63) is 28.8 Å². The summed E-state index contributed by atoms with van der Waals surface area (Å²) in [7, 11) is 3.23. The second-order valence-electron chi connectivity index (χ2n) is 4.71. The van der Waals surface area contributed by atoms with Crippen molar-refractivity contribution in [3.63, 3.8) is 0 Å². The molecule has 0 spiro atoms. The maximum Gasteiger partial charge on any atom is 0.161 e. The smallest absolute Gasteiger partial charge is 0.161 e. The molecule has 2 rings (SSSR count). The zero-order valence-electron chi connectivity index (χ0n) is 12.1. The zero-order chi connectivity index (χ0) is 14.7. The normalized spacial score (nSPS) is 10.9. The van der Waals surface area contributed by atoms with Crippen molar-refractivity contribution in [2.45, 2.75) is 26.4 Å². The highest BCUT2D eigenvalue weighted by molar-refractivity contribution is 7.15. The number of ether oxygens (including phenoxy) is 2. The minimum Gasteiger partial charge on any atom is -0.493 e. The van der Waals surface area contributed by atoms with Gasteiger partial charge in [-0.05, 0) is 24.1 Å². The van der Waals surface area contributed by atoms with Crippen LogP contribution in [0.1, 0.15) is 30.3 Å². The molecule has 0 radical (unpaired) electrons. The van der Waals surface area contributed by atoms with E-state index in [-0.39, 0.29) is 6.61 Å². The van der Waals surface area contributed by atoms with Gasteiger partial charge in [0.25, 0.3) is 0 Å². The number of rotatable bonds is 5. The van der Waals surface area contributed by atoms with Crippen LogP contribution in [0, 0.1) is 0 Å². The molecular formula is C15H19NO3S. The van der Waals surface area contributed by atoms with Gasteiger partial charge in [-0.25, -0.2) is 4.98 Å². The highest BCUT2D eigenvalue weighted by Crippen LogP contribution is 2.36. The van der Waals surface area contributed by atoms with Crippen molar-refractivity contribution in [1.82, 2.24) is 4.98 Å². The number of aliphatic hydroxyl groups is 1. The van der Waals surface area contributed by atoms with Crippen LogP contribution in [-0.4, -0.2) is 24.3 Å². The van der Waals surface area contributed by atoms with Crippen LogP contribution in [0.3, 0.4) is 0 Å². The summed E-state index contributed by atoms with van der Waals surface area (Å²) in [5, 5.41) is 10.3. The third-order valence-corrected chi connectivity index (χ3v) is 4.15. The van der Waals surface area contributed by atoms with Gasteiger partial charge in [-0.15, -0.1) is 11.3 Å².